The smallest absolute Gasteiger partial charge is 0.433 e. The molecule has 3 aromatic heterocycles. The lowest BCUT2D eigenvalue weighted by Crippen LogP contribution is -2.11. The molecule has 0 spiro atoms. The van der Waals surface area contributed by atoms with Crippen LogP contribution in [-0.2, 0) is 11.0 Å². The van der Waals surface area contributed by atoms with E-state index < -0.39 is 17.8 Å². The highest BCUT2D eigenvalue weighted by Gasteiger charge is 2.33. The van der Waals surface area contributed by atoms with E-state index in [1.54, 1.807) is 12.3 Å². The number of carbonyl (C=O) groups is 1. The molecule has 0 aromatic carbocycles. The highest BCUT2D eigenvalue weighted by Crippen LogP contribution is 2.34. The largest absolute Gasteiger partial charge is 0.477 e. The summed E-state index contributed by atoms with van der Waals surface area (Å²) in [6.45, 7) is 4.02. The van der Waals surface area contributed by atoms with E-state index in [9.17, 15) is 18.0 Å². The molecule has 0 saturated heterocycles. The fourth-order valence-electron chi connectivity index (χ4n) is 2.63. The number of H-pyrrole nitrogens is 1. The zero-order valence-electron chi connectivity index (χ0n) is 15.7. The molecule has 6 nitrogen and oxygen atoms in total. The first-order valence-corrected chi connectivity index (χ1v) is 8.80. The van der Waals surface area contributed by atoms with E-state index in [4.69, 9.17) is 10.5 Å². The van der Waals surface area contributed by atoms with Crippen molar-refractivity contribution in [2.75, 3.05) is 6.61 Å². The van der Waals surface area contributed by atoms with Gasteiger partial charge in [-0.05, 0) is 29.7 Å². The first-order chi connectivity index (χ1) is 13.6. The molecule has 152 valence electrons. The van der Waals surface area contributed by atoms with Crippen LogP contribution in [-0.4, -0.2) is 27.5 Å². The van der Waals surface area contributed by atoms with Gasteiger partial charge in [0.25, 0.3) is 0 Å². The van der Waals surface area contributed by atoms with Crippen LogP contribution in [0.3, 0.4) is 0 Å². The number of halogens is 3. The van der Waals surface area contributed by atoms with Crippen molar-refractivity contribution in [3.63, 3.8) is 0 Å². The van der Waals surface area contributed by atoms with Crippen LogP contribution >= 0.6 is 0 Å². The number of pyridine rings is 2. The highest BCUT2D eigenvalue weighted by atomic mass is 19.4. The lowest BCUT2D eigenvalue weighted by Gasteiger charge is -2.13. The topological polar surface area (TPSA) is 93.9 Å². The normalized spacial score (nSPS) is 12.2. The molecule has 0 aliphatic heterocycles. The number of aromatic nitrogens is 3. The van der Waals surface area contributed by atoms with Crippen molar-refractivity contribution in [1.29, 1.82) is 0 Å². The number of carbonyl (C=O) groups excluding carboxylic acids is 1. The number of ether oxygens (including phenoxy) is 1. The Bertz CT molecular complexity index is 1070. The van der Waals surface area contributed by atoms with Crippen molar-refractivity contribution in [3.8, 4) is 17.0 Å². The summed E-state index contributed by atoms with van der Waals surface area (Å²) in [5.74, 6) is -0.585. The van der Waals surface area contributed by atoms with Crippen LogP contribution in [0.4, 0.5) is 13.2 Å². The lowest BCUT2D eigenvalue weighted by atomic mass is 10.1. The van der Waals surface area contributed by atoms with E-state index >= 15 is 0 Å². The average Bonchev–Trinajstić information content (AvgIpc) is 3.06. The second-order valence-corrected chi connectivity index (χ2v) is 6.88. The van der Waals surface area contributed by atoms with Crippen molar-refractivity contribution >= 4 is 23.0 Å². The maximum Gasteiger partial charge on any atom is 0.433 e. The van der Waals surface area contributed by atoms with Crippen LogP contribution in [0.1, 0.15) is 25.1 Å². The van der Waals surface area contributed by atoms with E-state index in [0.29, 0.717) is 22.2 Å². The van der Waals surface area contributed by atoms with E-state index in [-0.39, 0.29) is 24.0 Å². The summed E-state index contributed by atoms with van der Waals surface area (Å²) < 4.78 is 45.4. The third-order valence-electron chi connectivity index (χ3n) is 3.98. The zero-order valence-corrected chi connectivity index (χ0v) is 15.7. The van der Waals surface area contributed by atoms with Crippen LogP contribution in [0.2, 0.25) is 0 Å². The van der Waals surface area contributed by atoms with Crippen LogP contribution in [0, 0.1) is 5.92 Å². The quantitative estimate of drug-likeness (QED) is 0.603. The van der Waals surface area contributed by atoms with E-state index in [1.807, 2.05) is 13.8 Å². The first kappa shape index (κ1) is 20.4. The number of amides is 1. The third kappa shape index (κ3) is 4.92. The molecular formula is C20H19F3N4O2. The van der Waals surface area contributed by atoms with Gasteiger partial charge in [0, 0.05) is 41.0 Å². The summed E-state index contributed by atoms with van der Waals surface area (Å²) in [4.78, 5) is 21.8. The molecule has 0 saturated carbocycles. The van der Waals surface area contributed by atoms with Crippen LogP contribution in [0.25, 0.3) is 28.2 Å². The molecule has 3 aromatic rings. The van der Waals surface area contributed by atoms with E-state index in [2.05, 4.69) is 15.0 Å². The first-order valence-electron chi connectivity index (χ1n) is 8.80. The minimum atomic E-state index is -4.62. The average molecular weight is 404 g/mol. The van der Waals surface area contributed by atoms with Crippen molar-refractivity contribution < 1.29 is 22.7 Å². The Morgan fingerprint density at radius 1 is 1.28 bits per heavy atom. The van der Waals surface area contributed by atoms with Gasteiger partial charge in [0.05, 0.1) is 6.61 Å². The maximum absolute atomic E-state index is 13.3. The van der Waals surface area contributed by atoms with Crippen LogP contribution in [0.5, 0.6) is 5.88 Å². The summed E-state index contributed by atoms with van der Waals surface area (Å²) >= 11 is 0. The minimum Gasteiger partial charge on any atom is -0.477 e. The summed E-state index contributed by atoms with van der Waals surface area (Å²) in [6, 6.07) is 4.09. The number of nitrogens with two attached hydrogens (primary N) is 1. The molecule has 1 amide bonds. The van der Waals surface area contributed by atoms with Crippen molar-refractivity contribution in [1.82, 2.24) is 15.0 Å². The van der Waals surface area contributed by atoms with Gasteiger partial charge in [-0.2, -0.15) is 13.2 Å². The van der Waals surface area contributed by atoms with E-state index in [0.717, 1.165) is 6.07 Å². The fourth-order valence-corrected chi connectivity index (χ4v) is 2.63. The molecule has 9 heteroatoms. The van der Waals surface area contributed by atoms with Crippen LogP contribution in [0.15, 0.2) is 36.7 Å². The Balaban J connectivity index is 2.08. The molecule has 3 rings (SSSR count). The molecule has 0 aliphatic carbocycles. The Morgan fingerprint density at radius 3 is 2.69 bits per heavy atom. The molecule has 3 heterocycles. The van der Waals surface area contributed by atoms with E-state index in [1.165, 1.54) is 24.4 Å². The van der Waals surface area contributed by atoms with Gasteiger partial charge in [-0.1, -0.05) is 13.8 Å². The van der Waals surface area contributed by atoms with Gasteiger partial charge in [-0.15, -0.1) is 0 Å². The Kier molecular flexibility index (Phi) is 5.58. The van der Waals surface area contributed by atoms with Gasteiger partial charge in [-0.25, -0.2) is 9.97 Å². The number of hydrogen-bond acceptors (Lipinski definition) is 4. The number of aromatic amines is 1. The lowest BCUT2D eigenvalue weighted by molar-refractivity contribution is -0.141. The molecule has 29 heavy (non-hydrogen) atoms. The molecule has 0 radical (unpaired) electrons. The zero-order chi connectivity index (χ0) is 21.2. The fraction of sp³-hybridized carbons (Fsp3) is 0.250. The summed E-state index contributed by atoms with van der Waals surface area (Å²) in [5, 5.41) is 0.634. The molecule has 0 bridgehead atoms. The van der Waals surface area contributed by atoms with Gasteiger partial charge in [0.15, 0.2) is 0 Å². The van der Waals surface area contributed by atoms with Gasteiger partial charge in [-0.3, -0.25) is 4.79 Å². The molecular weight excluding hydrogens is 385 g/mol. The maximum atomic E-state index is 13.3. The Hall–Kier alpha value is -3.36. The second kappa shape index (κ2) is 7.94. The summed E-state index contributed by atoms with van der Waals surface area (Å²) in [7, 11) is 0. The predicted molar refractivity (Wildman–Crippen MR) is 103 cm³/mol. The Morgan fingerprint density at radius 2 is 2.03 bits per heavy atom. The van der Waals surface area contributed by atoms with Gasteiger partial charge < -0.3 is 15.5 Å². The number of alkyl halides is 3. The number of rotatable bonds is 6. The summed E-state index contributed by atoms with van der Waals surface area (Å²) in [6.07, 6.45) is 1.18. The van der Waals surface area contributed by atoms with Gasteiger partial charge in [0.2, 0.25) is 11.8 Å². The standard InChI is InChI=1S/C20H19F3N4O2/c1-11(2)10-29-18-7-13(6-16(27-18)20(21,22)23)14-5-15-12(3-4-17(24)28)8-25-19(15)26-9-14/h3-9,11H,10H2,1-2H3,(H2,24,28)(H,25,26). The molecule has 0 fully saturated rings. The molecule has 0 unspecified atom stereocenters. The second-order valence-electron chi connectivity index (χ2n) is 6.88. The third-order valence-corrected chi connectivity index (χ3v) is 3.98. The SMILES string of the molecule is CC(C)COc1cc(-c2cnc3[nH]cc(C=CC(N)=O)c3c2)cc(C(F)(F)F)n1. The van der Waals surface area contributed by atoms with Crippen molar-refractivity contribution in [3.05, 3.63) is 47.9 Å². The molecule has 3 N–H and O–H groups in total. The number of nitrogens with zero attached hydrogens (tertiary/aromatic N) is 2. The van der Waals surface area contributed by atoms with Crippen LogP contribution < -0.4 is 10.5 Å². The van der Waals surface area contributed by atoms with Gasteiger partial charge >= 0.3 is 6.18 Å². The number of nitrogens with one attached hydrogen (secondary N) is 1. The summed E-state index contributed by atoms with van der Waals surface area (Å²) in [5.41, 5.74) is 5.96. The van der Waals surface area contributed by atoms with Crippen molar-refractivity contribution in [2.24, 2.45) is 11.7 Å². The number of hydrogen-bond donors (Lipinski definition) is 2. The van der Waals surface area contributed by atoms with Gasteiger partial charge in [0.1, 0.15) is 11.3 Å². The van der Waals surface area contributed by atoms with Crippen molar-refractivity contribution in [2.45, 2.75) is 20.0 Å². The number of fused-ring (bicyclic) bond motifs is 1. The minimum absolute atomic E-state index is 0.105. The molecule has 0 atom stereocenters. The highest BCUT2D eigenvalue weighted by molar-refractivity contribution is 5.95. The molecule has 0 aliphatic rings. The number of primary amides is 1. The Labute approximate surface area is 164 Å². The predicted octanol–water partition coefficient (Wildman–Crippen LogP) is 4.18. The monoisotopic (exact) mass is 404 g/mol.